The van der Waals surface area contributed by atoms with Crippen LogP contribution in [-0.4, -0.2) is 111 Å². The second-order valence-electron chi connectivity index (χ2n) is 22.4. The number of ether oxygens (including phenoxy) is 2. The smallest absolute Gasteiger partial charge is 0.408 e. The van der Waals surface area contributed by atoms with E-state index in [4.69, 9.17) is 20.0 Å². The van der Waals surface area contributed by atoms with E-state index in [1.807, 2.05) is 89.2 Å². The van der Waals surface area contributed by atoms with Crippen molar-refractivity contribution < 1.29 is 53.0 Å². The fourth-order valence-corrected chi connectivity index (χ4v) is 10.8. The molecule has 7 N–H and O–H groups in total. The van der Waals surface area contributed by atoms with Gasteiger partial charge >= 0.3 is 6.09 Å². The number of aromatic nitrogens is 1. The molecule has 4 aromatic rings. The number of likely N-dealkylation sites (tertiary alicyclic amines) is 1. The molecule has 3 aliphatic rings. The highest BCUT2D eigenvalue weighted by molar-refractivity contribution is 7.13. The molecule has 0 aliphatic carbocycles. The molecule has 3 aromatic carbocycles. The number of anilines is 1. The summed E-state index contributed by atoms with van der Waals surface area (Å²) in [5.74, 6) is -2.32. The number of hydroxylamine groups is 1. The zero-order valence-corrected chi connectivity index (χ0v) is 46.1. The normalized spacial score (nSPS) is 19.3. The van der Waals surface area contributed by atoms with Crippen LogP contribution in [0, 0.1) is 12.3 Å². The third kappa shape index (κ3) is 15.2. The van der Waals surface area contributed by atoms with Crippen molar-refractivity contribution >= 4 is 58.6 Å². The van der Waals surface area contributed by atoms with Crippen molar-refractivity contribution in [2.75, 3.05) is 11.4 Å². The van der Waals surface area contributed by atoms with Crippen molar-refractivity contribution in [3.63, 3.8) is 0 Å². The fourth-order valence-electron chi connectivity index (χ4n) is 9.97. The summed E-state index contributed by atoms with van der Waals surface area (Å²) in [6.07, 6.45) is 1.24. The number of aliphatic hydroxyl groups excluding tert-OH is 1. The molecule has 0 bridgehead atoms. The van der Waals surface area contributed by atoms with Crippen molar-refractivity contribution in [1.29, 1.82) is 0 Å². The van der Waals surface area contributed by atoms with Crippen LogP contribution in [0.5, 0.6) is 5.75 Å². The maximum atomic E-state index is 14.3. The molecule has 3 aliphatic heterocycles. The average Bonchev–Trinajstić information content (AvgIpc) is 4.14. The number of benzene rings is 3. The van der Waals surface area contributed by atoms with Crippen molar-refractivity contribution in [2.45, 2.75) is 174 Å². The first kappa shape index (κ1) is 57.8. The number of aliphatic hydroxyl groups is 1. The number of para-hydroxylation sites is 1. The number of unbranched alkanes of at least 4 members (excludes halogenated alkanes) is 1. The molecule has 0 saturated carbocycles. The van der Waals surface area contributed by atoms with Crippen LogP contribution in [0.25, 0.3) is 10.4 Å². The summed E-state index contributed by atoms with van der Waals surface area (Å²) in [6.45, 7) is 14.6. The van der Waals surface area contributed by atoms with Gasteiger partial charge in [-0.1, -0.05) is 63.2 Å². The number of β-amino-alcohol motifs (C(OH)–C–C–N with tert-alkyl or cyclic N) is 1. The Labute approximate surface area is 454 Å². The lowest BCUT2D eigenvalue weighted by molar-refractivity contribution is -0.145. The summed E-state index contributed by atoms with van der Waals surface area (Å²) in [4.78, 5) is 108. The molecule has 7 amide bonds. The van der Waals surface area contributed by atoms with Crippen LogP contribution in [0.1, 0.15) is 121 Å². The monoisotopic (exact) mass is 1080 g/mol. The number of nitrogens with zero attached hydrogens (tertiary/aromatic N) is 3. The summed E-state index contributed by atoms with van der Waals surface area (Å²) < 4.78 is 11.7. The fraction of sp³-hybridized carbons (Fsp3) is 0.509. The highest BCUT2D eigenvalue weighted by Gasteiger charge is 2.46. The van der Waals surface area contributed by atoms with Gasteiger partial charge in [-0.05, 0) is 131 Å². The number of rotatable bonds is 21. The van der Waals surface area contributed by atoms with Gasteiger partial charge in [-0.3, -0.25) is 33.7 Å². The number of hydrogen-bond acceptors (Lipinski definition) is 13. The molecular formula is C57H74N8O11S. The topological polar surface area (TPSA) is 261 Å². The Morgan fingerprint density at radius 3 is 2.25 bits per heavy atom. The standard InChI is InChI=1S/C57H74N8O11S/c1-33-49(77-32-59-33)38-20-23-41(24-21-38)76-63-52(70)44-29-40(66)30-64(44)54(72)50(56(3,4)5)62-47(68)15-10-9-12-35-16-18-36(19-17-35)31-74-34(2)42(26-27-46(58)67)60-51(69)45-28-39-14-11-13-37-22-25-43(53(71)65(45)48(37)39)61-55(73)75-57(6,7)8/h11,13-14,16-21,23-24,32,34,40,42-45,50,66H,9-10,12,15,22,25-31H2,1-8H3,(H2,58,67)(H,60,69)(H,61,73)(H,62,68)(H,63,70)/t34-,40-,42+,43+,44+,45+,50-/m1/s1. The van der Waals surface area contributed by atoms with Gasteiger partial charge in [0.2, 0.25) is 29.5 Å². The molecule has 0 unspecified atom stereocenters. The van der Waals surface area contributed by atoms with Crippen LogP contribution in [0.4, 0.5) is 10.5 Å². The molecule has 4 heterocycles. The number of carbonyl (C=O) groups is 7. The first-order chi connectivity index (χ1) is 36.4. The third-order valence-corrected chi connectivity index (χ3v) is 15.0. The minimum atomic E-state index is -1.01. The summed E-state index contributed by atoms with van der Waals surface area (Å²) >= 11 is 1.53. The largest absolute Gasteiger partial charge is 0.444 e. The van der Waals surface area contributed by atoms with Gasteiger partial charge in [0.15, 0.2) is 5.75 Å². The molecule has 7 rings (SSSR count). The Morgan fingerprint density at radius 2 is 1.58 bits per heavy atom. The maximum absolute atomic E-state index is 14.3. The van der Waals surface area contributed by atoms with Crippen molar-refractivity contribution in [3.8, 4) is 16.2 Å². The second kappa shape index (κ2) is 25.1. The molecule has 1 fully saturated rings. The molecule has 7 atom stereocenters. The number of primary amides is 1. The van der Waals surface area contributed by atoms with Gasteiger partial charge in [0.25, 0.3) is 5.91 Å². The van der Waals surface area contributed by atoms with E-state index in [2.05, 4.69) is 26.4 Å². The summed E-state index contributed by atoms with van der Waals surface area (Å²) in [5, 5.41) is 19.3. The number of thiazole rings is 1. The zero-order valence-electron chi connectivity index (χ0n) is 45.3. The third-order valence-electron chi connectivity index (χ3n) is 14.1. The van der Waals surface area contributed by atoms with E-state index < -0.39 is 89.1 Å². The summed E-state index contributed by atoms with van der Waals surface area (Å²) in [7, 11) is 0. The Hall–Kier alpha value is -6.90. The number of hydrogen-bond donors (Lipinski definition) is 6. The Morgan fingerprint density at radius 1 is 0.883 bits per heavy atom. The summed E-state index contributed by atoms with van der Waals surface area (Å²) in [5.41, 5.74) is 14.5. The van der Waals surface area contributed by atoms with Crippen LogP contribution in [0.2, 0.25) is 0 Å². The molecular weight excluding hydrogens is 1000 g/mol. The molecule has 0 radical (unpaired) electrons. The SMILES string of the molecule is Cc1ncsc1-c1ccc(ONC(=O)[C@@H]2C[C@@H](O)CN2C(=O)[C@@H](NC(=O)CCCCc2ccc(CO[C@H](C)[C@H](CCC(N)=O)NC(=O)[C@@H]3Cc4cccc5c4N3C(=O)[C@@H](NC(=O)OC(C)(C)C)CC5)cc2)C(C)(C)C)cc1. The van der Waals surface area contributed by atoms with Crippen LogP contribution in [-0.2, 0) is 64.1 Å². The highest BCUT2D eigenvalue weighted by Crippen LogP contribution is 2.39. The molecule has 414 valence electrons. The van der Waals surface area contributed by atoms with E-state index in [-0.39, 0.29) is 51.2 Å². The van der Waals surface area contributed by atoms with E-state index in [9.17, 15) is 38.7 Å². The first-order valence-electron chi connectivity index (χ1n) is 26.4. The number of carbonyl (C=O) groups excluding carboxylic acids is 7. The van der Waals surface area contributed by atoms with Gasteiger partial charge < -0.3 is 46.0 Å². The van der Waals surface area contributed by atoms with Crippen molar-refractivity contribution in [1.82, 2.24) is 31.3 Å². The van der Waals surface area contributed by atoms with Gasteiger partial charge in [-0.15, -0.1) is 11.3 Å². The van der Waals surface area contributed by atoms with Gasteiger partial charge in [-0.25, -0.2) is 9.78 Å². The van der Waals surface area contributed by atoms with Gasteiger partial charge in [0.1, 0.15) is 29.8 Å². The lowest BCUT2D eigenvalue weighted by Gasteiger charge is -2.35. The molecule has 1 saturated heterocycles. The number of alkyl carbamates (subject to hydrolysis) is 1. The predicted molar refractivity (Wildman–Crippen MR) is 290 cm³/mol. The van der Waals surface area contributed by atoms with E-state index in [0.717, 1.165) is 38.4 Å². The van der Waals surface area contributed by atoms with Gasteiger partial charge in [0, 0.05) is 32.2 Å². The minimum absolute atomic E-state index is 0.00305. The van der Waals surface area contributed by atoms with E-state index in [1.165, 1.54) is 21.1 Å². The van der Waals surface area contributed by atoms with Gasteiger partial charge in [-0.2, -0.15) is 5.48 Å². The summed E-state index contributed by atoms with van der Waals surface area (Å²) in [6, 6.07) is 16.4. The van der Waals surface area contributed by atoms with Gasteiger partial charge in [0.05, 0.1) is 46.6 Å². The molecule has 77 heavy (non-hydrogen) atoms. The Balaban J connectivity index is 0.875. The van der Waals surface area contributed by atoms with Crippen LogP contribution >= 0.6 is 11.3 Å². The van der Waals surface area contributed by atoms with Crippen LogP contribution < -0.4 is 36.9 Å². The first-order valence-corrected chi connectivity index (χ1v) is 27.3. The molecule has 0 spiro atoms. The van der Waals surface area contributed by atoms with Crippen LogP contribution in [0.15, 0.2) is 72.2 Å². The number of nitrogens with two attached hydrogens (primary N) is 1. The minimum Gasteiger partial charge on any atom is -0.444 e. The van der Waals surface area contributed by atoms with Crippen molar-refractivity contribution in [2.24, 2.45) is 11.1 Å². The maximum Gasteiger partial charge on any atom is 0.408 e. The number of nitrogens with one attached hydrogen (secondary N) is 4. The number of amides is 7. The Kier molecular flexibility index (Phi) is 18.8. The molecule has 20 heteroatoms. The quantitative estimate of drug-likeness (QED) is 0.0422. The molecule has 19 nitrogen and oxygen atoms in total. The van der Waals surface area contributed by atoms with E-state index >= 15 is 0 Å². The van der Waals surface area contributed by atoms with Crippen molar-refractivity contribution in [3.05, 3.63) is 100 Å². The van der Waals surface area contributed by atoms with E-state index in [0.29, 0.717) is 43.5 Å². The van der Waals surface area contributed by atoms with E-state index in [1.54, 1.807) is 38.4 Å². The molecule has 1 aromatic heterocycles. The predicted octanol–water partition coefficient (Wildman–Crippen LogP) is 5.89. The lowest BCUT2D eigenvalue weighted by atomic mass is 9.85. The second-order valence-corrected chi connectivity index (χ2v) is 23.2. The average molecular weight is 1080 g/mol. The highest BCUT2D eigenvalue weighted by atomic mass is 32.1. The zero-order chi connectivity index (χ0) is 55.8. The van der Waals surface area contributed by atoms with Crippen LogP contribution in [0.3, 0.4) is 0 Å². The number of aryl methyl sites for hydroxylation is 3. The Bertz CT molecular complexity index is 2770. The lowest BCUT2D eigenvalue weighted by Crippen LogP contribution is -2.58.